The lowest BCUT2D eigenvalue weighted by Gasteiger charge is -2.17. The van der Waals surface area contributed by atoms with Crippen LogP contribution in [0.15, 0.2) is 34.5 Å². The van der Waals surface area contributed by atoms with Gasteiger partial charge >= 0.3 is 0 Å². The van der Waals surface area contributed by atoms with Gasteiger partial charge in [0.1, 0.15) is 5.82 Å². The first-order valence-electron chi connectivity index (χ1n) is 6.48. The number of rotatable bonds is 4. The third kappa shape index (κ3) is 3.53. The Labute approximate surface area is 133 Å². The van der Waals surface area contributed by atoms with Gasteiger partial charge in [-0.3, -0.25) is 4.79 Å². The third-order valence-electron chi connectivity index (χ3n) is 3.29. The van der Waals surface area contributed by atoms with Crippen molar-refractivity contribution >= 4 is 27.1 Å². The van der Waals surface area contributed by atoms with E-state index < -0.39 is 21.6 Å². The van der Waals surface area contributed by atoms with E-state index in [9.17, 15) is 17.6 Å². The molecule has 0 aliphatic carbocycles. The first-order valence-corrected chi connectivity index (χ1v) is 9.25. The van der Waals surface area contributed by atoms with Gasteiger partial charge in [0.15, 0.2) is 9.84 Å². The molecule has 1 aromatic heterocycles. The SMILES string of the molecule is Cc1ccsc1CN(C)C(=O)c1cc(S(C)(=O)=O)ccc1F. The maximum absolute atomic E-state index is 13.9. The lowest BCUT2D eigenvalue weighted by molar-refractivity contribution is 0.0781. The number of carbonyl (C=O) groups excluding carboxylic acids is 1. The minimum Gasteiger partial charge on any atom is -0.336 e. The fourth-order valence-corrected chi connectivity index (χ4v) is 3.56. The van der Waals surface area contributed by atoms with Gasteiger partial charge in [-0.2, -0.15) is 0 Å². The molecule has 0 saturated heterocycles. The summed E-state index contributed by atoms with van der Waals surface area (Å²) in [5.41, 5.74) is 0.828. The van der Waals surface area contributed by atoms with Crippen LogP contribution < -0.4 is 0 Å². The summed E-state index contributed by atoms with van der Waals surface area (Å²) in [5, 5.41) is 1.92. The highest BCUT2D eigenvalue weighted by molar-refractivity contribution is 7.90. The summed E-state index contributed by atoms with van der Waals surface area (Å²) in [6.45, 7) is 2.29. The van der Waals surface area contributed by atoms with Crippen LogP contribution in [0.5, 0.6) is 0 Å². The molecule has 1 heterocycles. The molecule has 0 saturated carbocycles. The van der Waals surface area contributed by atoms with E-state index in [1.165, 1.54) is 16.2 Å². The van der Waals surface area contributed by atoms with E-state index >= 15 is 0 Å². The Morgan fingerprint density at radius 1 is 1.32 bits per heavy atom. The van der Waals surface area contributed by atoms with Crippen LogP contribution in [0.2, 0.25) is 0 Å². The van der Waals surface area contributed by atoms with Gasteiger partial charge in [-0.25, -0.2) is 12.8 Å². The number of sulfone groups is 1. The van der Waals surface area contributed by atoms with Crippen molar-refractivity contribution in [3.63, 3.8) is 0 Å². The average Bonchev–Trinajstić information content (AvgIpc) is 2.82. The molecule has 118 valence electrons. The van der Waals surface area contributed by atoms with Crippen molar-refractivity contribution < 1.29 is 17.6 Å². The Hall–Kier alpha value is -1.73. The normalized spacial score (nSPS) is 11.5. The highest BCUT2D eigenvalue weighted by atomic mass is 32.2. The number of carbonyl (C=O) groups is 1. The van der Waals surface area contributed by atoms with E-state index in [-0.39, 0.29) is 10.5 Å². The van der Waals surface area contributed by atoms with Crippen LogP contribution in [0, 0.1) is 12.7 Å². The molecule has 0 fully saturated rings. The van der Waals surface area contributed by atoms with Crippen molar-refractivity contribution in [3.8, 4) is 0 Å². The summed E-state index contributed by atoms with van der Waals surface area (Å²) >= 11 is 1.52. The van der Waals surface area contributed by atoms with E-state index in [2.05, 4.69) is 0 Å². The quantitative estimate of drug-likeness (QED) is 0.804. The molecule has 22 heavy (non-hydrogen) atoms. The molecule has 1 aromatic carbocycles. The van der Waals surface area contributed by atoms with E-state index in [4.69, 9.17) is 0 Å². The predicted molar refractivity (Wildman–Crippen MR) is 84.4 cm³/mol. The Morgan fingerprint density at radius 2 is 2.00 bits per heavy atom. The van der Waals surface area contributed by atoms with Crippen LogP contribution in [-0.2, 0) is 16.4 Å². The fourth-order valence-electron chi connectivity index (χ4n) is 1.96. The van der Waals surface area contributed by atoms with Gasteiger partial charge in [0.2, 0.25) is 0 Å². The Morgan fingerprint density at radius 3 is 2.55 bits per heavy atom. The standard InChI is InChI=1S/C15H16FNO3S2/c1-10-6-7-21-14(10)9-17(2)15(18)12-8-11(22(3,19)20)4-5-13(12)16/h4-8H,9H2,1-3H3. The average molecular weight is 341 g/mol. The van der Waals surface area contributed by atoms with E-state index in [1.807, 2.05) is 18.4 Å². The molecule has 0 bridgehead atoms. The predicted octanol–water partition coefficient (Wildman–Crippen LogP) is 2.87. The number of amides is 1. The van der Waals surface area contributed by atoms with Gasteiger partial charge in [0, 0.05) is 18.2 Å². The van der Waals surface area contributed by atoms with Gasteiger partial charge in [-0.05, 0) is 42.1 Å². The highest BCUT2D eigenvalue weighted by Gasteiger charge is 2.20. The molecule has 0 spiro atoms. The number of benzene rings is 1. The Kier molecular flexibility index (Phi) is 4.67. The van der Waals surface area contributed by atoms with Gasteiger partial charge < -0.3 is 4.90 Å². The highest BCUT2D eigenvalue weighted by Crippen LogP contribution is 2.20. The monoisotopic (exact) mass is 341 g/mol. The first kappa shape index (κ1) is 16.6. The lowest BCUT2D eigenvalue weighted by Crippen LogP contribution is -2.27. The lowest BCUT2D eigenvalue weighted by atomic mass is 10.2. The molecule has 2 aromatic rings. The van der Waals surface area contributed by atoms with Crippen LogP contribution in [0.4, 0.5) is 4.39 Å². The number of aryl methyl sites for hydroxylation is 1. The number of thiophene rings is 1. The molecular formula is C15H16FNO3S2. The molecule has 2 rings (SSSR count). The van der Waals surface area contributed by atoms with Crippen molar-refractivity contribution in [1.29, 1.82) is 0 Å². The van der Waals surface area contributed by atoms with Crippen molar-refractivity contribution in [2.24, 2.45) is 0 Å². The van der Waals surface area contributed by atoms with Gasteiger partial charge in [0.25, 0.3) is 5.91 Å². The number of halogens is 1. The second-order valence-corrected chi connectivity index (χ2v) is 8.12. The smallest absolute Gasteiger partial charge is 0.256 e. The maximum Gasteiger partial charge on any atom is 0.256 e. The summed E-state index contributed by atoms with van der Waals surface area (Å²) in [6.07, 6.45) is 1.02. The fraction of sp³-hybridized carbons (Fsp3) is 0.267. The molecule has 0 aliphatic rings. The van der Waals surface area contributed by atoms with Crippen LogP contribution in [0.25, 0.3) is 0 Å². The summed E-state index contributed by atoms with van der Waals surface area (Å²) in [7, 11) is -1.93. The second-order valence-electron chi connectivity index (χ2n) is 5.10. The zero-order valence-corrected chi connectivity index (χ0v) is 14.1. The molecular weight excluding hydrogens is 325 g/mol. The zero-order valence-electron chi connectivity index (χ0n) is 12.5. The summed E-state index contributed by atoms with van der Waals surface area (Å²) < 4.78 is 37.0. The Bertz CT molecular complexity index is 812. The largest absolute Gasteiger partial charge is 0.336 e. The minimum atomic E-state index is -3.49. The zero-order chi connectivity index (χ0) is 16.5. The van der Waals surface area contributed by atoms with Crippen LogP contribution >= 0.6 is 11.3 Å². The summed E-state index contributed by atoms with van der Waals surface area (Å²) in [4.78, 5) is 14.7. The second kappa shape index (κ2) is 6.18. The molecule has 0 N–H and O–H groups in total. The molecule has 4 nitrogen and oxygen atoms in total. The van der Waals surface area contributed by atoms with E-state index in [1.54, 1.807) is 7.05 Å². The molecule has 0 unspecified atom stereocenters. The third-order valence-corrected chi connectivity index (χ3v) is 5.41. The Balaban J connectivity index is 2.31. The van der Waals surface area contributed by atoms with Crippen molar-refractivity contribution in [2.45, 2.75) is 18.4 Å². The first-order chi connectivity index (χ1) is 10.2. The van der Waals surface area contributed by atoms with Gasteiger partial charge in [0.05, 0.1) is 17.0 Å². The number of hydrogen-bond donors (Lipinski definition) is 0. The van der Waals surface area contributed by atoms with Crippen molar-refractivity contribution in [2.75, 3.05) is 13.3 Å². The number of hydrogen-bond acceptors (Lipinski definition) is 4. The van der Waals surface area contributed by atoms with Crippen molar-refractivity contribution in [3.05, 3.63) is 51.5 Å². The summed E-state index contributed by atoms with van der Waals surface area (Å²) in [6, 6.07) is 5.20. The van der Waals surface area contributed by atoms with Crippen molar-refractivity contribution in [1.82, 2.24) is 4.90 Å². The molecule has 7 heteroatoms. The van der Waals surface area contributed by atoms with Crippen LogP contribution in [0.1, 0.15) is 20.8 Å². The van der Waals surface area contributed by atoms with Crippen LogP contribution in [0.3, 0.4) is 0 Å². The van der Waals surface area contributed by atoms with Crippen LogP contribution in [-0.4, -0.2) is 32.5 Å². The van der Waals surface area contributed by atoms with E-state index in [0.717, 1.165) is 34.9 Å². The molecule has 0 aliphatic heterocycles. The van der Waals surface area contributed by atoms with E-state index in [0.29, 0.717) is 6.54 Å². The molecule has 0 radical (unpaired) electrons. The molecule has 0 atom stereocenters. The van der Waals surface area contributed by atoms with Gasteiger partial charge in [-0.1, -0.05) is 0 Å². The minimum absolute atomic E-state index is 0.0713. The van der Waals surface area contributed by atoms with Gasteiger partial charge in [-0.15, -0.1) is 11.3 Å². The molecule has 1 amide bonds. The maximum atomic E-state index is 13.9. The summed E-state index contributed by atoms with van der Waals surface area (Å²) in [5.74, 6) is -1.28. The number of nitrogens with zero attached hydrogens (tertiary/aromatic N) is 1. The topological polar surface area (TPSA) is 54.5 Å².